The van der Waals surface area contributed by atoms with Gasteiger partial charge in [0.1, 0.15) is 5.75 Å². The molecule has 0 atom stereocenters. The van der Waals surface area contributed by atoms with E-state index in [2.05, 4.69) is 15.5 Å². The van der Waals surface area contributed by atoms with Crippen LogP contribution in [-0.2, 0) is 6.61 Å². The zero-order chi connectivity index (χ0) is 17.6. The van der Waals surface area contributed by atoms with Crippen molar-refractivity contribution >= 4 is 5.91 Å². The molecular weight excluding hydrogens is 318 g/mol. The molecule has 0 radical (unpaired) electrons. The first-order valence-electron chi connectivity index (χ1n) is 8.07. The van der Waals surface area contributed by atoms with Crippen molar-refractivity contribution in [3.63, 3.8) is 0 Å². The number of amides is 1. The molecule has 25 heavy (non-hydrogen) atoms. The molecule has 128 valence electrons. The van der Waals surface area contributed by atoms with E-state index >= 15 is 0 Å². The van der Waals surface area contributed by atoms with Crippen LogP contribution in [0.15, 0.2) is 53.1 Å². The quantitative estimate of drug-likeness (QED) is 0.746. The third-order valence-corrected chi connectivity index (χ3v) is 3.60. The first kappa shape index (κ1) is 16.7. The van der Waals surface area contributed by atoms with Crippen LogP contribution in [-0.4, -0.2) is 22.6 Å². The smallest absolute Gasteiger partial charge is 0.264 e. The Hall–Kier alpha value is -3.15. The van der Waals surface area contributed by atoms with Gasteiger partial charge in [-0.1, -0.05) is 47.1 Å². The van der Waals surface area contributed by atoms with Gasteiger partial charge in [-0.15, -0.1) is 0 Å². The molecule has 0 saturated heterocycles. The topological polar surface area (TPSA) is 77.2 Å². The van der Waals surface area contributed by atoms with Crippen molar-refractivity contribution in [3.8, 4) is 17.1 Å². The predicted octanol–water partition coefficient (Wildman–Crippen LogP) is 3.37. The van der Waals surface area contributed by atoms with Crippen molar-refractivity contribution in [2.75, 3.05) is 6.54 Å². The maximum atomic E-state index is 12.1. The molecular formula is C19H19N3O3. The monoisotopic (exact) mass is 337 g/mol. The SMILES string of the molecule is CCNC(=O)c1ccccc1OCc1nc(-c2ccc(C)cc2)no1. The largest absolute Gasteiger partial charge is 0.483 e. The van der Waals surface area contributed by atoms with Crippen molar-refractivity contribution in [1.82, 2.24) is 15.5 Å². The molecule has 0 unspecified atom stereocenters. The summed E-state index contributed by atoms with van der Waals surface area (Å²) < 4.78 is 10.9. The summed E-state index contributed by atoms with van der Waals surface area (Å²) in [7, 11) is 0. The second kappa shape index (κ2) is 7.61. The molecule has 0 aliphatic carbocycles. The number of hydrogen-bond acceptors (Lipinski definition) is 5. The Kier molecular flexibility index (Phi) is 5.09. The predicted molar refractivity (Wildman–Crippen MR) is 93.3 cm³/mol. The molecule has 0 aliphatic heterocycles. The molecule has 1 amide bonds. The van der Waals surface area contributed by atoms with Crippen LogP contribution in [0.3, 0.4) is 0 Å². The summed E-state index contributed by atoms with van der Waals surface area (Å²) in [6.45, 7) is 4.53. The highest BCUT2D eigenvalue weighted by Gasteiger charge is 2.13. The van der Waals surface area contributed by atoms with E-state index in [1.807, 2.05) is 44.2 Å². The number of hydrogen-bond donors (Lipinski definition) is 1. The van der Waals surface area contributed by atoms with Gasteiger partial charge in [0, 0.05) is 12.1 Å². The summed E-state index contributed by atoms with van der Waals surface area (Å²) in [6.07, 6.45) is 0. The van der Waals surface area contributed by atoms with Gasteiger partial charge in [-0.25, -0.2) is 0 Å². The van der Waals surface area contributed by atoms with Crippen LogP contribution in [0.2, 0.25) is 0 Å². The van der Waals surface area contributed by atoms with Crippen LogP contribution in [0, 0.1) is 6.92 Å². The van der Waals surface area contributed by atoms with Gasteiger partial charge in [-0.3, -0.25) is 4.79 Å². The zero-order valence-corrected chi connectivity index (χ0v) is 14.2. The van der Waals surface area contributed by atoms with Gasteiger partial charge < -0.3 is 14.6 Å². The molecule has 3 rings (SSSR count). The van der Waals surface area contributed by atoms with Gasteiger partial charge in [0.25, 0.3) is 11.8 Å². The fourth-order valence-electron chi connectivity index (χ4n) is 2.31. The second-order valence-corrected chi connectivity index (χ2v) is 5.52. The maximum absolute atomic E-state index is 12.1. The van der Waals surface area contributed by atoms with Crippen LogP contribution in [0.4, 0.5) is 0 Å². The third-order valence-electron chi connectivity index (χ3n) is 3.60. The lowest BCUT2D eigenvalue weighted by molar-refractivity contribution is 0.0950. The number of aryl methyl sites for hydroxylation is 1. The minimum atomic E-state index is -0.177. The second-order valence-electron chi connectivity index (χ2n) is 5.52. The van der Waals surface area contributed by atoms with E-state index in [0.717, 1.165) is 11.1 Å². The number of para-hydroxylation sites is 1. The molecule has 3 aromatic rings. The highest BCUT2D eigenvalue weighted by atomic mass is 16.5. The first-order valence-corrected chi connectivity index (χ1v) is 8.07. The maximum Gasteiger partial charge on any atom is 0.264 e. The summed E-state index contributed by atoms with van der Waals surface area (Å²) in [5.74, 6) is 1.16. The highest BCUT2D eigenvalue weighted by Crippen LogP contribution is 2.20. The number of benzene rings is 2. The molecule has 1 heterocycles. The number of nitrogens with zero attached hydrogens (tertiary/aromatic N) is 2. The van der Waals surface area contributed by atoms with Gasteiger partial charge in [0.05, 0.1) is 5.56 Å². The zero-order valence-electron chi connectivity index (χ0n) is 14.2. The Labute approximate surface area is 145 Å². The molecule has 1 aromatic heterocycles. The van der Waals surface area contributed by atoms with Gasteiger partial charge in [0.15, 0.2) is 6.61 Å². The summed E-state index contributed by atoms with van der Waals surface area (Å²) in [4.78, 5) is 16.4. The van der Waals surface area contributed by atoms with E-state index < -0.39 is 0 Å². The molecule has 0 spiro atoms. The Morgan fingerprint density at radius 3 is 2.68 bits per heavy atom. The van der Waals surface area contributed by atoms with E-state index in [4.69, 9.17) is 9.26 Å². The van der Waals surface area contributed by atoms with Crippen LogP contribution in [0.1, 0.15) is 28.7 Å². The summed E-state index contributed by atoms with van der Waals surface area (Å²) in [5.41, 5.74) is 2.52. The number of nitrogens with one attached hydrogen (secondary N) is 1. The number of carbonyl (C=O) groups is 1. The summed E-state index contributed by atoms with van der Waals surface area (Å²) in [5, 5.41) is 6.73. The van der Waals surface area contributed by atoms with E-state index in [-0.39, 0.29) is 12.5 Å². The molecule has 6 nitrogen and oxygen atoms in total. The molecule has 1 N–H and O–H groups in total. The average molecular weight is 337 g/mol. The molecule has 6 heteroatoms. The third kappa shape index (κ3) is 4.03. The number of aromatic nitrogens is 2. The molecule has 0 fully saturated rings. The molecule has 0 bridgehead atoms. The highest BCUT2D eigenvalue weighted by molar-refractivity contribution is 5.96. The number of ether oxygens (including phenoxy) is 1. The minimum absolute atomic E-state index is 0.0925. The van der Waals surface area contributed by atoms with E-state index in [1.54, 1.807) is 18.2 Å². The lowest BCUT2D eigenvalue weighted by Gasteiger charge is -2.09. The Balaban J connectivity index is 1.71. The van der Waals surface area contributed by atoms with E-state index in [1.165, 1.54) is 0 Å². The fraction of sp³-hybridized carbons (Fsp3) is 0.211. The number of carbonyl (C=O) groups excluding carboxylic acids is 1. The lowest BCUT2D eigenvalue weighted by Crippen LogP contribution is -2.23. The van der Waals surface area contributed by atoms with Gasteiger partial charge in [-0.2, -0.15) is 4.98 Å². The van der Waals surface area contributed by atoms with Crippen LogP contribution in [0.5, 0.6) is 5.75 Å². The fourth-order valence-corrected chi connectivity index (χ4v) is 2.31. The molecule has 2 aromatic carbocycles. The Morgan fingerprint density at radius 1 is 1.16 bits per heavy atom. The van der Waals surface area contributed by atoms with Crippen molar-refractivity contribution < 1.29 is 14.1 Å². The summed E-state index contributed by atoms with van der Waals surface area (Å²) >= 11 is 0. The lowest BCUT2D eigenvalue weighted by atomic mass is 10.1. The first-order chi connectivity index (χ1) is 12.2. The number of rotatable bonds is 6. The van der Waals surface area contributed by atoms with Gasteiger partial charge in [-0.05, 0) is 26.0 Å². The van der Waals surface area contributed by atoms with E-state index in [9.17, 15) is 4.79 Å². The van der Waals surface area contributed by atoms with Crippen LogP contribution in [0.25, 0.3) is 11.4 Å². The summed E-state index contributed by atoms with van der Waals surface area (Å²) in [6, 6.07) is 14.9. The average Bonchev–Trinajstić information content (AvgIpc) is 3.10. The Bertz CT molecular complexity index is 856. The molecule has 0 saturated carbocycles. The van der Waals surface area contributed by atoms with Gasteiger partial charge in [0.2, 0.25) is 5.82 Å². The van der Waals surface area contributed by atoms with Crippen molar-refractivity contribution in [3.05, 3.63) is 65.5 Å². The minimum Gasteiger partial charge on any atom is -0.483 e. The Morgan fingerprint density at radius 2 is 1.92 bits per heavy atom. The van der Waals surface area contributed by atoms with Crippen LogP contribution < -0.4 is 10.1 Å². The molecule has 0 aliphatic rings. The van der Waals surface area contributed by atoms with Crippen molar-refractivity contribution in [2.24, 2.45) is 0 Å². The standard InChI is InChI=1S/C19H19N3O3/c1-3-20-19(23)15-6-4-5-7-16(15)24-12-17-21-18(22-25-17)14-10-8-13(2)9-11-14/h4-11H,3,12H2,1-2H3,(H,20,23). The van der Waals surface area contributed by atoms with Crippen molar-refractivity contribution in [2.45, 2.75) is 20.5 Å². The normalized spacial score (nSPS) is 10.5. The van der Waals surface area contributed by atoms with Crippen LogP contribution >= 0.6 is 0 Å². The van der Waals surface area contributed by atoms with Crippen molar-refractivity contribution in [1.29, 1.82) is 0 Å². The van der Waals surface area contributed by atoms with E-state index in [0.29, 0.717) is 29.6 Å². The van der Waals surface area contributed by atoms with Gasteiger partial charge >= 0.3 is 0 Å².